The molecule has 0 N–H and O–H groups in total. The molecular formula is C30H32Cl2N4O3. The number of hydrogen-bond acceptors (Lipinski definition) is 4. The molecule has 1 aromatic heterocycles. The van der Waals surface area contributed by atoms with Gasteiger partial charge in [-0.1, -0.05) is 49.2 Å². The van der Waals surface area contributed by atoms with Crippen molar-refractivity contribution in [2.75, 3.05) is 18.0 Å². The van der Waals surface area contributed by atoms with Gasteiger partial charge in [0.2, 0.25) is 0 Å². The first-order valence-corrected chi connectivity index (χ1v) is 14.2. The molecule has 3 aromatic rings. The van der Waals surface area contributed by atoms with Crippen molar-refractivity contribution in [2.45, 2.75) is 71.6 Å². The van der Waals surface area contributed by atoms with Gasteiger partial charge in [0.05, 0.1) is 22.8 Å². The molecule has 7 nitrogen and oxygen atoms in total. The Bertz CT molecular complexity index is 1540. The number of hydrogen-bond donors (Lipinski definition) is 0. The molecule has 2 aromatic carbocycles. The highest BCUT2D eigenvalue weighted by Gasteiger charge is 2.50. The number of ether oxygens (including phenoxy) is 1. The Hall–Kier alpha value is -3.03. The normalized spacial score (nSPS) is 19.8. The van der Waals surface area contributed by atoms with Crippen molar-refractivity contribution in [2.24, 2.45) is 0 Å². The fraction of sp³-hybridized carbons (Fsp3) is 0.433. The molecule has 0 saturated carbocycles. The Morgan fingerprint density at radius 1 is 1.15 bits per heavy atom. The van der Waals surface area contributed by atoms with Gasteiger partial charge in [0.15, 0.2) is 5.69 Å². The van der Waals surface area contributed by atoms with E-state index in [1.165, 1.54) is 0 Å². The lowest BCUT2D eigenvalue weighted by Gasteiger charge is -2.37. The lowest BCUT2D eigenvalue weighted by Crippen LogP contribution is -2.36. The van der Waals surface area contributed by atoms with Crippen LogP contribution in [0.1, 0.15) is 91.9 Å². The fourth-order valence-electron chi connectivity index (χ4n) is 6.28. The smallest absolute Gasteiger partial charge is 0.410 e. The monoisotopic (exact) mass is 566 g/mol. The Kier molecular flexibility index (Phi) is 6.05. The van der Waals surface area contributed by atoms with Gasteiger partial charge in [0.25, 0.3) is 5.91 Å². The van der Waals surface area contributed by atoms with Gasteiger partial charge < -0.3 is 9.64 Å². The Labute approximate surface area is 238 Å². The highest BCUT2D eigenvalue weighted by Crippen LogP contribution is 2.56. The number of aryl methyl sites for hydroxylation is 1. The summed E-state index contributed by atoms with van der Waals surface area (Å²) in [6.07, 6.45) is 0.423. The van der Waals surface area contributed by atoms with Crippen LogP contribution in [0, 0.1) is 6.92 Å². The number of amides is 2. The molecule has 2 amide bonds. The van der Waals surface area contributed by atoms with Crippen molar-refractivity contribution in [1.29, 1.82) is 0 Å². The molecule has 204 valence electrons. The van der Waals surface area contributed by atoms with Crippen LogP contribution in [-0.4, -0.2) is 45.4 Å². The second kappa shape index (κ2) is 9.00. The summed E-state index contributed by atoms with van der Waals surface area (Å²) < 4.78 is 7.62. The van der Waals surface area contributed by atoms with Gasteiger partial charge in [-0.25, -0.2) is 4.79 Å². The molecule has 3 aliphatic rings. The zero-order valence-electron chi connectivity index (χ0n) is 23.0. The van der Waals surface area contributed by atoms with E-state index in [9.17, 15) is 9.59 Å². The summed E-state index contributed by atoms with van der Waals surface area (Å²) in [5, 5.41) is 6.17. The molecule has 6 rings (SSSR count). The van der Waals surface area contributed by atoms with E-state index in [0.717, 1.165) is 45.6 Å². The molecule has 3 aliphatic heterocycles. The van der Waals surface area contributed by atoms with Crippen LogP contribution in [-0.2, 0) is 4.74 Å². The summed E-state index contributed by atoms with van der Waals surface area (Å²) in [5.74, 6) is -0.0351. The van der Waals surface area contributed by atoms with Gasteiger partial charge in [0.1, 0.15) is 5.60 Å². The molecule has 1 fully saturated rings. The number of anilines is 1. The summed E-state index contributed by atoms with van der Waals surface area (Å²) in [5.41, 5.74) is 6.37. The molecule has 0 radical (unpaired) electrons. The highest BCUT2D eigenvalue weighted by atomic mass is 35.5. The van der Waals surface area contributed by atoms with Crippen molar-refractivity contribution in [3.8, 4) is 11.1 Å². The van der Waals surface area contributed by atoms with E-state index in [1.807, 2.05) is 67.6 Å². The summed E-state index contributed by atoms with van der Waals surface area (Å²) in [7, 11) is 0. The van der Waals surface area contributed by atoms with E-state index in [0.29, 0.717) is 28.8 Å². The summed E-state index contributed by atoms with van der Waals surface area (Å²) in [6, 6.07) is 9.25. The van der Waals surface area contributed by atoms with Gasteiger partial charge in [-0.3, -0.25) is 14.4 Å². The van der Waals surface area contributed by atoms with Crippen LogP contribution in [0.5, 0.6) is 0 Å². The zero-order valence-corrected chi connectivity index (χ0v) is 24.5. The first-order chi connectivity index (χ1) is 18.4. The Balaban J connectivity index is 1.48. The lowest BCUT2D eigenvalue weighted by molar-refractivity contribution is 0.0288. The predicted octanol–water partition coefficient (Wildman–Crippen LogP) is 7.53. The van der Waals surface area contributed by atoms with E-state index in [-0.39, 0.29) is 30.0 Å². The van der Waals surface area contributed by atoms with Gasteiger partial charge in [-0.05, 0) is 74.9 Å². The van der Waals surface area contributed by atoms with Crippen LogP contribution in [0.15, 0.2) is 30.3 Å². The maximum Gasteiger partial charge on any atom is 0.410 e. The standard InChI is InChI=1S/C30H32Cl2N4O3/c1-15(2)25-23-24(33-36(25)18-11-12-34(14-18)29(38)39-30(4,5)6)28(37)35-26-16(3)7-10-21(32)22(26)20-13-17(31)8-9-19(20)27(23)35/h7-10,13,15,18,27H,11-12,14H2,1-6H3. The van der Waals surface area contributed by atoms with Crippen molar-refractivity contribution < 1.29 is 14.3 Å². The topological polar surface area (TPSA) is 67.7 Å². The van der Waals surface area contributed by atoms with Crippen molar-refractivity contribution in [3.63, 3.8) is 0 Å². The molecule has 0 aliphatic carbocycles. The number of carbonyl (C=O) groups is 2. The van der Waals surface area contributed by atoms with E-state index < -0.39 is 5.60 Å². The number of nitrogens with zero attached hydrogens (tertiary/aromatic N) is 4. The number of aromatic nitrogens is 2. The molecular weight excluding hydrogens is 535 g/mol. The highest BCUT2D eigenvalue weighted by molar-refractivity contribution is 6.35. The second-order valence-corrected chi connectivity index (χ2v) is 12.9. The second-order valence-electron chi connectivity index (χ2n) is 12.0. The molecule has 39 heavy (non-hydrogen) atoms. The van der Waals surface area contributed by atoms with E-state index in [1.54, 1.807) is 4.90 Å². The number of fused-ring (bicyclic) bond motifs is 8. The summed E-state index contributed by atoms with van der Waals surface area (Å²) in [4.78, 5) is 30.5. The van der Waals surface area contributed by atoms with E-state index >= 15 is 0 Å². The molecule has 0 spiro atoms. The number of rotatable bonds is 2. The maximum atomic E-state index is 14.2. The van der Waals surface area contributed by atoms with Gasteiger partial charge in [-0.15, -0.1) is 0 Å². The zero-order chi connectivity index (χ0) is 28.0. The van der Waals surface area contributed by atoms with Gasteiger partial charge in [0, 0.05) is 34.9 Å². The van der Waals surface area contributed by atoms with Crippen LogP contribution < -0.4 is 4.90 Å². The average Bonchev–Trinajstić information content (AvgIpc) is 3.54. The van der Waals surface area contributed by atoms with Crippen LogP contribution in [0.3, 0.4) is 0 Å². The quantitative estimate of drug-likeness (QED) is 0.321. The minimum absolute atomic E-state index is 0.0430. The third-order valence-corrected chi connectivity index (χ3v) is 8.35. The minimum Gasteiger partial charge on any atom is -0.444 e. The third kappa shape index (κ3) is 4.04. The van der Waals surface area contributed by atoms with Crippen molar-refractivity contribution >= 4 is 40.9 Å². The molecule has 2 unspecified atom stereocenters. The molecule has 4 heterocycles. The van der Waals surface area contributed by atoms with Crippen LogP contribution in [0.25, 0.3) is 11.1 Å². The van der Waals surface area contributed by atoms with E-state index in [2.05, 4.69) is 13.8 Å². The Morgan fingerprint density at radius 2 is 1.90 bits per heavy atom. The first-order valence-electron chi connectivity index (χ1n) is 13.4. The molecule has 0 bridgehead atoms. The summed E-state index contributed by atoms with van der Waals surface area (Å²) >= 11 is 13.2. The predicted molar refractivity (Wildman–Crippen MR) is 153 cm³/mol. The molecule has 2 atom stereocenters. The van der Waals surface area contributed by atoms with Crippen LogP contribution >= 0.6 is 23.2 Å². The largest absolute Gasteiger partial charge is 0.444 e. The Morgan fingerprint density at radius 3 is 2.59 bits per heavy atom. The first kappa shape index (κ1) is 26.2. The SMILES string of the molecule is Cc1ccc(Cl)c2c1N1C(=O)c3nn(C4CCN(C(=O)OC(C)(C)C)C4)c(C(C)C)c3C1c1ccc(Cl)cc1-2. The number of halogens is 2. The van der Waals surface area contributed by atoms with Crippen molar-refractivity contribution in [3.05, 3.63) is 68.5 Å². The molecule has 1 saturated heterocycles. The van der Waals surface area contributed by atoms with Gasteiger partial charge >= 0.3 is 6.09 Å². The van der Waals surface area contributed by atoms with E-state index in [4.69, 9.17) is 33.0 Å². The third-order valence-electron chi connectivity index (χ3n) is 7.80. The average molecular weight is 568 g/mol. The minimum atomic E-state index is -0.560. The molecule has 9 heteroatoms. The number of carbonyl (C=O) groups excluding carboxylic acids is 2. The van der Waals surface area contributed by atoms with Crippen LogP contribution in [0.4, 0.5) is 10.5 Å². The lowest BCUT2D eigenvalue weighted by atomic mass is 9.84. The van der Waals surface area contributed by atoms with Crippen molar-refractivity contribution in [1.82, 2.24) is 14.7 Å². The number of benzene rings is 2. The number of likely N-dealkylation sites (tertiary alicyclic amines) is 1. The maximum absolute atomic E-state index is 14.2. The summed E-state index contributed by atoms with van der Waals surface area (Å²) in [6.45, 7) is 12.9. The fourth-order valence-corrected chi connectivity index (χ4v) is 6.71. The van der Waals surface area contributed by atoms with Crippen LogP contribution in [0.2, 0.25) is 10.0 Å². The van der Waals surface area contributed by atoms with Gasteiger partial charge in [-0.2, -0.15) is 5.10 Å².